The molecule has 1 unspecified atom stereocenters. The molecule has 7 aromatic carbocycles. The number of hydrogen-bond donors (Lipinski definition) is 0. The Morgan fingerprint density at radius 3 is 1.73 bits per heavy atom. The zero-order valence-electron chi connectivity index (χ0n) is 27.6. The highest BCUT2D eigenvalue weighted by Crippen LogP contribution is 2.55. The van der Waals surface area contributed by atoms with Crippen molar-refractivity contribution in [2.24, 2.45) is 0 Å². The molecule has 1 aliphatic heterocycles. The minimum Gasteiger partial charge on any atom is -0.309 e. The molecular weight excluding hydrogens is 640 g/mol. The molecule has 1 aliphatic rings. The Hall–Kier alpha value is -6.28. The molecule has 1 atom stereocenters. The van der Waals surface area contributed by atoms with Crippen LogP contribution in [-0.2, 0) is 4.57 Å². The summed E-state index contributed by atoms with van der Waals surface area (Å²) in [5.74, 6) is 0. The van der Waals surface area contributed by atoms with Crippen LogP contribution in [0.4, 0.5) is 0 Å². The first-order valence-electron chi connectivity index (χ1n) is 17.2. The normalized spacial score (nSPS) is 14.8. The Bertz CT molecular complexity index is 2750. The first-order valence-corrected chi connectivity index (χ1v) is 19.0. The SMILES string of the molecule is O=P1(c2ccccc2)c2ccccc2-c2ccc3c(c21)c1ccccc1n3-c1ccc(-c2cc(-c3ccccc3)nc(-c3ccccc3)c2)cc1. The Kier molecular flexibility index (Phi) is 6.77. The lowest BCUT2D eigenvalue weighted by Gasteiger charge is -2.17. The van der Waals surface area contributed by atoms with E-state index >= 15 is 4.57 Å². The highest BCUT2D eigenvalue weighted by molar-refractivity contribution is 7.86. The van der Waals surface area contributed by atoms with Crippen molar-refractivity contribution < 1.29 is 4.57 Å². The number of fused-ring (bicyclic) bond motifs is 7. The van der Waals surface area contributed by atoms with Gasteiger partial charge in [0.2, 0.25) is 0 Å². The summed E-state index contributed by atoms with van der Waals surface area (Å²) in [6.45, 7) is 0. The van der Waals surface area contributed by atoms with Gasteiger partial charge in [0.15, 0.2) is 7.14 Å². The van der Waals surface area contributed by atoms with Crippen LogP contribution in [0.3, 0.4) is 0 Å². The van der Waals surface area contributed by atoms with Gasteiger partial charge in [-0.15, -0.1) is 0 Å². The standard InChI is InChI=1S/C47H31N2OP/c50-51(37-18-8-3-9-19-37)45-23-13-11-20-38(45)39-28-29-44-46(47(39)51)40-21-10-12-22-43(40)49(44)36-26-24-32(25-27-36)35-30-41(33-14-4-1-5-15-33)48-42(31-35)34-16-6-2-7-17-34/h1-31H. The maximum atomic E-state index is 15.7. The molecule has 0 bridgehead atoms. The van der Waals surface area contributed by atoms with Gasteiger partial charge in [0.05, 0.1) is 22.4 Å². The summed E-state index contributed by atoms with van der Waals surface area (Å²) in [7, 11) is -3.16. The lowest BCUT2D eigenvalue weighted by atomic mass is 10.00. The van der Waals surface area contributed by atoms with Gasteiger partial charge in [-0.25, -0.2) is 4.98 Å². The second-order valence-electron chi connectivity index (χ2n) is 13.1. The summed E-state index contributed by atoms with van der Waals surface area (Å²) in [6.07, 6.45) is 0. The predicted octanol–water partition coefficient (Wildman–Crippen LogP) is 10.8. The summed E-state index contributed by atoms with van der Waals surface area (Å²) in [6, 6.07) is 65.0. The molecule has 3 heterocycles. The molecule has 2 aromatic heterocycles. The molecule has 0 saturated heterocycles. The lowest BCUT2D eigenvalue weighted by molar-refractivity contribution is 0.593. The van der Waals surface area contributed by atoms with Gasteiger partial charge in [-0.3, -0.25) is 0 Å². The highest BCUT2D eigenvalue weighted by Gasteiger charge is 2.42. The van der Waals surface area contributed by atoms with E-state index < -0.39 is 7.14 Å². The monoisotopic (exact) mass is 670 g/mol. The van der Waals surface area contributed by atoms with E-state index in [9.17, 15) is 0 Å². The van der Waals surface area contributed by atoms with Gasteiger partial charge in [0, 0.05) is 43.5 Å². The fourth-order valence-corrected chi connectivity index (χ4v) is 11.2. The van der Waals surface area contributed by atoms with Crippen LogP contribution in [0, 0.1) is 0 Å². The third kappa shape index (κ3) is 4.59. The zero-order valence-corrected chi connectivity index (χ0v) is 28.5. The van der Waals surface area contributed by atoms with Crippen LogP contribution in [0.25, 0.3) is 72.3 Å². The molecule has 0 aliphatic carbocycles. The summed E-state index contributed by atoms with van der Waals surface area (Å²) >= 11 is 0. The van der Waals surface area contributed by atoms with Crippen LogP contribution in [0.15, 0.2) is 188 Å². The minimum atomic E-state index is -3.16. The second-order valence-corrected chi connectivity index (χ2v) is 15.7. The van der Waals surface area contributed by atoms with E-state index in [0.29, 0.717) is 0 Å². The third-order valence-corrected chi connectivity index (χ3v) is 13.4. The molecule has 0 N–H and O–H groups in total. The van der Waals surface area contributed by atoms with Crippen molar-refractivity contribution in [2.75, 3.05) is 0 Å². The minimum absolute atomic E-state index is 0.868. The van der Waals surface area contributed by atoms with Crippen LogP contribution in [0.5, 0.6) is 0 Å². The number of hydrogen-bond acceptors (Lipinski definition) is 2. The molecule has 240 valence electrons. The van der Waals surface area contributed by atoms with Crippen molar-refractivity contribution in [2.45, 2.75) is 0 Å². The number of benzene rings is 7. The summed E-state index contributed by atoms with van der Waals surface area (Å²) in [4.78, 5) is 5.08. The maximum Gasteiger partial charge on any atom is 0.172 e. The van der Waals surface area contributed by atoms with Crippen LogP contribution >= 0.6 is 7.14 Å². The first-order chi connectivity index (χ1) is 25.2. The predicted molar refractivity (Wildman–Crippen MR) is 213 cm³/mol. The fraction of sp³-hybridized carbons (Fsp3) is 0. The van der Waals surface area contributed by atoms with E-state index in [1.807, 2.05) is 54.6 Å². The zero-order chi connectivity index (χ0) is 33.9. The van der Waals surface area contributed by atoms with E-state index in [0.717, 1.165) is 88.2 Å². The molecular formula is C47H31N2OP. The van der Waals surface area contributed by atoms with Crippen molar-refractivity contribution in [1.82, 2.24) is 9.55 Å². The van der Waals surface area contributed by atoms with Gasteiger partial charge in [0.1, 0.15) is 0 Å². The topological polar surface area (TPSA) is 34.9 Å². The summed E-state index contributed by atoms with van der Waals surface area (Å²) < 4.78 is 18.0. The average molecular weight is 671 g/mol. The van der Waals surface area contributed by atoms with Gasteiger partial charge < -0.3 is 9.13 Å². The first kappa shape index (κ1) is 29.6. The van der Waals surface area contributed by atoms with Gasteiger partial charge in [-0.1, -0.05) is 152 Å². The molecule has 9 aromatic rings. The highest BCUT2D eigenvalue weighted by atomic mass is 31.2. The number of nitrogens with zero attached hydrogens (tertiary/aromatic N) is 2. The van der Waals surface area contributed by atoms with Crippen molar-refractivity contribution in [3.05, 3.63) is 188 Å². The molecule has 0 spiro atoms. The number of para-hydroxylation sites is 1. The van der Waals surface area contributed by atoms with Gasteiger partial charge in [-0.2, -0.15) is 0 Å². The van der Waals surface area contributed by atoms with E-state index in [-0.39, 0.29) is 0 Å². The van der Waals surface area contributed by atoms with Crippen LogP contribution < -0.4 is 15.9 Å². The number of pyridine rings is 1. The van der Waals surface area contributed by atoms with Crippen molar-refractivity contribution >= 4 is 44.9 Å². The molecule has 0 radical (unpaired) electrons. The van der Waals surface area contributed by atoms with Crippen molar-refractivity contribution in [3.8, 4) is 50.5 Å². The Labute approximate surface area is 296 Å². The Morgan fingerprint density at radius 1 is 0.451 bits per heavy atom. The molecule has 0 saturated carbocycles. The molecule has 3 nitrogen and oxygen atoms in total. The Balaban J connectivity index is 1.16. The van der Waals surface area contributed by atoms with Crippen molar-refractivity contribution in [1.29, 1.82) is 0 Å². The molecule has 51 heavy (non-hydrogen) atoms. The molecule has 10 rings (SSSR count). The van der Waals surface area contributed by atoms with Crippen LogP contribution in [0.1, 0.15) is 0 Å². The summed E-state index contributed by atoms with van der Waals surface area (Å²) in [5, 5.41) is 4.89. The molecule has 0 fully saturated rings. The largest absolute Gasteiger partial charge is 0.309 e. The van der Waals surface area contributed by atoms with Crippen molar-refractivity contribution in [3.63, 3.8) is 0 Å². The third-order valence-electron chi connectivity index (χ3n) is 10.2. The van der Waals surface area contributed by atoms with Gasteiger partial charge in [-0.05, 0) is 58.7 Å². The summed E-state index contributed by atoms with van der Waals surface area (Å²) in [5.41, 5.74) is 11.6. The second kappa shape index (κ2) is 11.7. The van der Waals surface area contributed by atoms with Crippen LogP contribution in [-0.4, -0.2) is 9.55 Å². The van der Waals surface area contributed by atoms with E-state index in [4.69, 9.17) is 4.98 Å². The van der Waals surface area contributed by atoms with Gasteiger partial charge in [0.25, 0.3) is 0 Å². The van der Waals surface area contributed by atoms with Crippen LogP contribution in [0.2, 0.25) is 0 Å². The molecule has 4 heteroatoms. The van der Waals surface area contributed by atoms with E-state index in [1.165, 1.54) is 0 Å². The van der Waals surface area contributed by atoms with E-state index in [1.54, 1.807) is 0 Å². The fourth-order valence-electron chi connectivity index (χ4n) is 7.88. The quantitative estimate of drug-likeness (QED) is 0.171. The Morgan fingerprint density at radius 2 is 1.04 bits per heavy atom. The van der Waals surface area contributed by atoms with E-state index in [2.05, 4.69) is 138 Å². The smallest absolute Gasteiger partial charge is 0.172 e. The number of aromatic nitrogens is 2. The molecule has 0 amide bonds. The maximum absolute atomic E-state index is 15.7. The lowest BCUT2D eigenvalue weighted by Crippen LogP contribution is -2.21. The van der Waals surface area contributed by atoms with Gasteiger partial charge >= 0.3 is 0 Å². The average Bonchev–Trinajstić information content (AvgIpc) is 3.69. The number of rotatable bonds is 5.